The Balaban J connectivity index is 2.06. The van der Waals surface area contributed by atoms with Gasteiger partial charge >= 0.3 is 5.97 Å². The minimum Gasteiger partial charge on any atom is -0.480 e. The van der Waals surface area contributed by atoms with Gasteiger partial charge in [-0.1, -0.05) is 5.16 Å². The van der Waals surface area contributed by atoms with Gasteiger partial charge in [-0.2, -0.15) is 0 Å². The molecule has 1 amide bonds. The van der Waals surface area contributed by atoms with Crippen LogP contribution in [0.4, 0.5) is 0 Å². The smallest absolute Gasteiger partial charge is 0.326 e. The van der Waals surface area contributed by atoms with Crippen molar-refractivity contribution in [1.29, 1.82) is 0 Å². The molecule has 8 nitrogen and oxygen atoms in total. The molecule has 0 saturated carbocycles. The third-order valence-electron chi connectivity index (χ3n) is 4.12. The second-order valence-corrected chi connectivity index (χ2v) is 5.66. The number of likely N-dealkylation sites (tertiary alicyclic amines) is 1. The first kappa shape index (κ1) is 15.4. The summed E-state index contributed by atoms with van der Waals surface area (Å²) in [5.74, 6) is -1.42. The Morgan fingerprint density at radius 3 is 2.83 bits per heavy atom. The summed E-state index contributed by atoms with van der Waals surface area (Å²) in [6.45, 7) is 3.69. The number of hydrogen-bond donors (Lipinski definition) is 1. The number of methoxy groups -OCH3 is 1. The SMILES string of the molecule is COC1CC(C(=O)O)N(C(=O)c2cc(C)nc3onc(C)c23)C1. The highest BCUT2D eigenvalue weighted by molar-refractivity contribution is 6.07. The molecule has 1 fully saturated rings. The van der Waals surface area contributed by atoms with Crippen LogP contribution in [0, 0.1) is 13.8 Å². The minimum absolute atomic E-state index is 0.236. The molecule has 0 spiro atoms. The molecule has 0 aromatic carbocycles. The fourth-order valence-electron chi connectivity index (χ4n) is 2.97. The fraction of sp³-hybridized carbons (Fsp3) is 0.467. The fourth-order valence-corrected chi connectivity index (χ4v) is 2.97. The van der Waals surface area contributed by atoms with E-state index in [4.69, 9.17) is 9.26 Å². The highest BCUT2D eigenvalue weighted by atomic mass is 16.5. The number of fused-ring (bicyclic) bond motifs is 1. The van der Waals surface area contributed by atoms with Crippen LogP contribution in [0.1, 0.15) is 28.2 Å². The summed E-state index contributed by atoms with van der Waals surface area (Å²) in [5, 5.41) is 13.7. The molecule has 2 unspecified atom stereocenters. The summed E-state index contributed by atoms with van der Waals surface area (Å²) < 4.78 is 10.4. The lowest BCUT2D eigenvalue weighted by atomic mass is 10.1. The zero-order chi connectivity index (χ0) is 16.7. The van der Waals surface area contributed by atoms with Crippen molar-refractivity contribution < 1.29 is 24.0 Å². The van der Waals surface area contributed by atoms with Crippen LogP contribution in [0.15, 0.2) is 10.6 Å². The van der Waals surface area contributed by atoms with Crippen molar-refractivity contribution in [3.8, 4) is 0 Å². The van der Waals surface area contributed by atoms with Gasteiger partial charge in [-0.25, -0.2) is 9.78 Å². The highest BCUT2D eigenvalue weighted by Gasteiger charge is 2.40. The number of aromatic nitrogens is 2. The zero-order valence-electron chi connectivity index (χ0n) is 13.1. The van der Waals surface area contributed by atoms with Gasteiger partial charge in [0.05, 0.1) is 22.7 Å². The third kappa shape index (κ3) is 2.55. The summed E-state index contributed by atoms with van der Waals surface area (Å²) in [6, 6.07) is 0.726. The molecule has 122 valence electrons. The number of rotatable bonds is 3. The molecule has 0 aliphatic carbocycles. The first-order valence-corrected chi connectivity index (χ1v) is 7.22. The van der Waals surface area contributed by atoms with E-state index in [0.717, 1.165) is 0 Å². The maximum atomic E-state index is 12.9. The molecular weight excluding hydrogens is 302 g/mol. The molecule has 1 saturated heterocycles. The number of pyridine rings is 1. The van der Waals surface area contributed by atoms with Gasteiger partial charge in [0.2, 0.25) is 0 Å². The Labute approximate surface area is 132 Å². The number of carbonyl (C=O) groups is 2. The molecule has 2 aromatic heterocycles. The number of nitrogens with zero attached hydrogens (tertiary/aromatic N) is 3. The third-order valence-corrected chi connectivity index (χ3v) is 4.12. The van der Waals surface area contributed by atoms with Gasteiger partial charge in [0.25, 0.3) is 11.6 Å². The van der Waals surface area contributed by atoms with Crippen LogP contribution in [0.2, 0.25) is 0 Å². The zero-order valence-corrected chi connectivity index (χ0v) is 13.1. The van der Waals surface area contributed by atoms with Crippen LogP contribution in [0.25, 0.3) is 11.1 Å². The van der Waals surface area contributed by atoms with Crippen molar-refractivity contribution in [2.45, 2.75) is 32.4 Å². The van der Waals surface area contributed by atoms with E-state index in [1.807, 2.05) is 0 Å². The second kappa shape index (κ2) is 5.62. The molecule has 23 heavy (non-hydrogen) atoms. The van der Waals surface area contributed by atoms with E-state index in [2.05, 4.69) is 10.1 Å². The van der Waals surface area contributed by atoms with E-state index < -0.39 is 12.0 Å². The first-order valence-electron chi connectivity index (χ1n) is 7.22. The predicted molar refractivity (Wildman–Crippen MR) is 79.2 cm³/mol. The molecule has 1 N–H and O–H groups in total. The molecule has 2 aromatic rings. The van der Waals surface area contributed by atoms with Gasteiger partial charge in [0, 0.05) is 25.8 Å². The van der Waals surface area contributed by atoms with Gasteiger partial charge < -0.3 is 19.3 Å². The van der Waals surface area contributed by atoms with E-state index in [0.29, 0.717) is 22.3 Å². The summed E-state index contributed by atoms with van der Waals surface area (Å²) in [5.41, 5.74) is 1.78. The van der Waals surface area contributed by atoms with Crippen LogP contribution in [-0.4, -0.2) is 57.8 Å². The monoisotopic (exact) mass is 319 g/mol. The average molecular weight is 319 g/mol. The summed E-state index contributed by atoms with van der Waals surface area (Å²) in [7, 11) is 1.51. The maximum Gasteiger partial charge on any atom is 0.326 e. The quantitative estimate of drug-likeness (QED) is 0.904. The highest BCUT2D eigenvalue weighted by Crippen LogP contribution is 2.27. The second-order valence-electron chi connectivity index (χ2n) is 5.66. The van der Waals surface area contributed by atoms with E-state index in [9.17, 15) is 14.7 Å². The largest absolute Gasteiger partial charge is 0.480 e. The lowest BCUT2D eigenvalue weighted by Gasteiger charge is -2.21. The lowest BCUT2D eigenvalue weighted by Crippen LogP contribution is -2.40. The normalized spacial score (nSPS) is 21.1. The lowest BCUT2D eigenvalue weighted by molar-refractivity contribution is -0.141. The molecule has 3 heterocycles. The van der Waals surface area contributed by atoms with Crippen LogP contribution < -0.4 is 0 Å². The number of carbonyl (C=O) groups excluding carboxylic acids is 1. The van der Waals surface area contributed by atoms with Crippen LogP contribution >= 0.6 is 0 Å². The van der Waals surface area contributed by atoms with E-state index in [1.54, 1.807) is 19.9 Å². The van der Waals surface area contributed by atoms with Crippen LogP contribution in [-0.2, 0) is 9.53 Å². The molecule has 0 radical (unpaired) electrons. The molecule has 1 aliphatic rings. The summed E-state index contributed by atoms with van der Waals surface area (Å²) in [6.07, 6.45) is -0.0185. The van der Waals surface area contributed by atoms with E-state index in [1.165, 1.54) is 12.0 Å². The molecule has 8 heteroatoms. The number of carboxylic acid groups (broad SMARTS) is 1. The Morgan fingerprint density at radius 2 is 2.17 bits per heavy atom. The van der Waals surface area contributed by atoms with Crippen molar-refractivity contribution in [2.24, 2.45) is 0 Å². The Hall–Kier alpha value is -2.48. The van der Waals surface area contributed by atoms with E-state index >= 15 is 0 Å². The number of ether oxygens (including phenoxy) is 1. The standard InChI is InChI=1S/C15H17N3O5/c1-7-4-10(12-8(2)17-23-13(12)16-7)14(19)18-6-9(22-3)5-11(18)15(20)21/h4,9,11H,5-6H2,1-3H3,(H,20,21). The van der Waals surface area contributed by atoms with Gasteiger partial charge in [-0.15, -0.1) is 0 Å². The predicted octanol–water partition coefficient (Wildman–Crippen LogP) is 1.15. The molecular formula is C15H17N3O5. The first-order chi connectivity index (χ1) is 10.9. The summed E-state index contributed by atoms with van der Waals surface area (Å²) >= 11 is 0. The van der Waals surface area contributed by atoms with E-state index in [-0.39, 0.29) is 30.7 Å². The van der Waals surface area contributed by atoms with Crippen molar-refractivity contribution in [3.63, 3.8) is 0 Å². The molecule has 2 atom stereocenters. The molecule has 0 bridgehead atoms. The average Bonchev–Trinajstić information content (AvgIpc) is 3.10. The van der Waals surface area contributed by atoms with Crippen molar-refractivity contribution in [3.05, 3.63) is 23.0 Å². The number of amides is 1. The summed E-state index contributed by atoms with van der Waals surface area (Å²) in [4.78, 5) is 30.0. The van der Waals surface area contributed by atoms with Gasteiger partial charge in [-0.3, -0.25) is 4.79 Å². The van der Waals surface area contributed by atoms with Crippen molar-refractivity contribution in [1.82, 2.24) is 15.0 Å². The number of carboxylic acids is 1. The van der Waals surface area contributed by atoms with Gasteiger partial charge in [-0.05, 0) is 19.9 Å². The number of aryl methyl sites for hydroxylation is 2. The number of aliphatic carboxylic acids is 1. The van der Waals surface area contributed by atoms with Gasteiger partial charge in [0.1, 0.15) is 6.04 Å². The van der Waals surface area contributed by atoms with Crippen molar-refractivity contribution >= 4 is 23.0 Å². The topological polar surface area (TPSA) is 106 Å². The minimum atomic E-state index is -1.04. The van der Waals surface area contributed by atoms with Crippen LogP contribution in [0.3, 0.4) is 0 Å². The Morgan fingerprint density at radius 1 is 1.43 bits per heavy atom. The molecule has 1 aliphatic heterocycles. The Bertz CT molecular complexity index is 785. The van der Waals surface area contributed by atoms with Crippen molar-refractivity contribution in [2.75, 3.05) is 13.7 Å². The molecule has 3 rings (SSSR count). The number of hydrogen-bond acceptors (Lipinski definition) is 6. The van der Waals surface area contributed by atoms with Gasteiger partial charge in [0.15, 0.2) is 0 Å². The Kier molecular flexibility index (Phi) is 3.77. The van der Waals surface area contributed by atoms with Crippen LogP contribution in [0.5, 0.6) is 0 Å². The maximum absolute atomic E-state index is 12.9.